The highest BCUT2D eigenvalue weighted by atomic mass is 15.2. The van der Waals surface area contributed by atoms with Crippen LogP contribution in [0.4, 0.5) is 0 Å². The van der Waals surface area contributed by atoms with E-state index < -0.39 is 0 Å². The van der Waals surface area contributed by atoms with Crippen molar-refractivity contribution in [3.8, 4) is 0 Å². The summed E-state index contributed by atoms with van der Waals surface area (Å²) in [6.45, 7) is 4.31. The van der Waals surface area contributed by atoms with E-state index in [1.807, 2.05) is 0 Å². The van der Waals surface area contributed by atoms with Crippen LogP contribution in [-0.2, 0) is 0 Å². The van der Waals surface area contributed by atoms with Crippen molar-refractivity contribution < 1.29 is 0 Å². The van der Waals surface area contributed by atoms with Crippen molar-refractivity contribution in [2.24, 2.45) is 5.73 Å². The summed E-state index contributed by atoms with van der Waals surface area (Å²) in [5.41, 5.74) is 5.59. The molecule has 0 aromatic carbocycles. The van der Waals surface area contributed by atoms with Gasteiger partial charge in [0.25, 0.3) is 0 Å². The molecule has 0 aromatic rings. The summed E-state index contributed by atoms with van der Waals surface area (Å²) in [5, 5.41) is 7.53. The molecule has 0 amide bonds. The standard InChI is InChI=1S/C11H24N4/c1-4-10(11(12)13)15(3)8-9-6-5-7-14(9)2/h9-10H,4-8H2,1-3H3,(H3,12,13). The number of hydrogen-bond donors (Lipinski definition) is 2. The van der Waals surface area contributed by atoms with Gasteiger partial charge in [0.1, 0.15) is 5.84 Å². The molecular weight excluding hydrogens is 188 g/mol. The number of likely N-dealkylation sites (N-methyl/N-ethyl adjacent to an activating group) is 2. The minimum Gasteiger partial charge on any atom is -0.386 e. The second-order valence-electron chi connectivity index (χ2n) is 4.60. The van der Waals surface area contributed by atoms with Gasteiger partial charge in [-0.3, -0.25) is 10.3 Å². The first-order valence-corrected chi connectivity index (χ1v) is 5.80. The highest BCUT2D eigenvalue weighted by Crippen LogP contribution is 2.16. The third kappa shape index (κ3) is 3.18. The fourth-order valence-electron chi connectivity index (χ4n) is 2.44. The second-order valence-corrected chi connectivity index (χ2v) is 4.60. The highest BCUT2D eigenvalue weighted by Gasteiger charge is 2.25. The first-order valence-electron chi connectivity index (χ1n) is 5.80. The maximum atomic E-state index is 7.53. The lowest BCUT2D eigenvalue weighted by Crippen LogP contribution is -2.46. The molecule has 1 heterocycles. The fourth-order valence-corrected chi connectivity index (χ4v) is 2.44. The average Bonchev–Trinajstić information content (AvgIpc) is 2.52. The molecule has 0 radical (unpaired) electrons. The summed E-state index contributed by atoms with van der Waals surface area (Å²) in [6.07, 6.45) is 3.49. The number of nitrogens with two attached hydrogens (primary N) is 1. The van der Waals surface area contributed by atoms with E-state index in [0.29, 0.717) is 11.9 Å². The Morgan fingerprint density at radius 1 is 1.67 bits per heavy atom. The lowest BCUT2D eigenvalue weighted by Gasteiger charge is -2.31. The first-order chi connectivity index (χ1) is 7.06. The Morgan fingerprint density at radius 3 is 2.73 bits per heavy atom. The smallest absolute Gasteiger partial charge is 0.108 e. The first kappa shape index (κ1) is 12.5. The van der Waals surface area contributed by atoms with Gasteiger partial charge in [0.2, 0.25) is 0 Å². The molecule has 0 aromatic heterocycles. The Morgan fingerprint density at radius 2 is 2.33 bits per heavy atom. The Kier molecular flexibility index (Phi) is 4.54. The predicted octanol–water partition coefficient (Wildman–Crippen LogP) is 0.727. The highest BCUT2D eigenvalue weighted by molar-refractivity contribution is 5.82. The lowest BCUT2D eigenvalue weighted by molar-refractivity contribution is 0.200. The molecule has 2 atom stereocenters. The molecule has 4 heteroatoms. The monoisotopic (exact) mass is 212 g/mol. The van der Waals surface area contributed by atoms with E-state index >= 15 is 0 Å². The van der Waals surface area contributed by atoms with E-state index in [0.717, 1.165) is 13.0 Å². The molecule has 0 bridgehead atoms. The Hall–Kier alpha value is -0.610. The van der Waals surface area contributed by atoms with Crippen LogP contribution in [-0.4, -0.2) is 54.9 Å². The van der Waals surface area contributed by atoms with Crippen LogP contribution in [0.2, 0.25) is 0 Å². The van der Waals surface area contributed by atoms with Crippen molar-refractivity contribution in [3.63, 3.8) is 0 Å². The van der Waals surface area contributed by atoms with Crippen molar-refractivity contribution >= 4 is 5.84 Å². The van der Waals surface area contributed by atoms with Crippen LogP contribution >= 0.6 is 0 Å². The van der Waals surface area contributed by atoms with Gasteiger partial charge >= 0.3 is 0 Å². The van der Waals surface area contributed by atoms with E-state index in [1.165, 1.54) is 19.4 Å². The van der Waals surface area contributed by atoms with E-state index in [1.54, 1.807) is 0 Å². The molecule has 1 rings (SSSR count). The molecule has 4 nitrogen and oxygen atoms in total. The number of hydrogen-bond acceptors (Lipinski definition) is 3. The molecule has 1 aliphatic heterocycles. The van der Waals surface area contributed by atoms with Gasteiger partial charge in [-0.2, -0.15) is 0 Å². The molecule has 2 unspecified atom stereocenters. The molecule has 3 N–H and O–H groups in total. The predicted molar refractivity (Wildman–Crippen MR) is 64.3 cm³/mol. The summed E-state index contributed by atoms with van der Waals surface area (Å²) in [4.78, 5) is 4.62. The minimum atomic E-state index is 0.110. The molecule has 1 saturated heterocycles. The van der Waals surface area contributed by atoms with E-state index in [2.05, 4.69) is 30.8 Å². The van der Waals surface area contributed by atoms with Gasteiger partial charge in [-0.05, 0) is 39.9 Å². The lowest BCUT2D eigenvalue weighted by atomic mass is 10.1. The zero-order valence-electron chi connectivity index (χ0n) is 10.2. The normalized spacial score (nSPS) is 24.7. The van der Waals surface area contributed by atoms with Crippen LogP contribution in [0.3, 0.4) is 0 Å². The van der Waals surface area contributed by atoms with E-state index in [4.69, 9.17) is 11.1 Å². The van der Waals surface area contributed by atoms with Crippen molar-refractivity contribution in [1.29, 1.82) is 5.41 Å². The average molecular weight is 212 g/mol. The van der Waals surface area contributed by atoms with Crippen molar-refractivity contribution in [2.45, 2.75) is 38.3 Å². The Bertz CT molecular complexity index is 217. The zero-order valence-corrected chi connectivity index (χ0v) is 10.2. The number of likely N-dealkylation sites (tertiary alicyclic amines) is 1. The Balaban J connectivity index is 2.45. The van der Waals surface area contributed by atoms with Crippen LogP contribution in [0.25, 0.3) is 0 Å². The van der Waals surface area contributed by atoms with Crippen molar-refractivity contribution in [2.75, 3.05) is 27.2 Å². The molecule has 0 aliphatic carbocycles. The SMILES string of the molecule is CCC(C(=N)N)N(C)CC1CCCN1C. The number of nitrogens with zero attached hydrogens (tertiary/aromatic N) is 2. The number of nitrogens with one attached hydrogen (secondary N) is 1. The summed E-state index contributed by atoms with van der Waals surface area (Å²) < 4.78 is 0. The quantitative estimate of drug-likeness (QED) is 0.522. The van der Waals surface area contributed by atoms with Crippen LogP contribution in [0.1, 0.15) is 26.2 Å². The minimum absolute atomic E-state index is 0.110. The molecule has 15 heavy (non-hydrogen) atoms. The van der Waals surface area contributed by atoms with Gasteiger partial charge < -0.3 is 10.6 Å². The van der Waals surface area contributed by atoms with Crippen LogP contribution in [0.5, 0.6) is 0 Å². The van der Waals surface area contributed by atoms with Gasteiger partial charge in [0, 0.05) is 12.6 Å². The van der Waals surface area contributed by atoms with Gasteiger partial charge in [-0.1, -0.05) is 6.92 Å². The number of rotatable bonds is 5. The molecule has 88 valence electrons. The van der Waals surface area contributed by atoms with E-state index in [9.17, 15) is 0 Å². The molecule has 1 aliphatic rings. The summed E-state index contributed by atoms with van der Waals surface area (Å²) >= 11 is 0. The van der Waals surface area contributed by atoms with Gasteiger partial charge in [0.15, 0.2) is 0 Å². The summed E-state index contributed by atoms with van der Waals surface area (Å²) in [7, 11) is 4.25. The summed E-state index contributed by atoms with van der Waals surface area (Å²) in [5.74, 6) is 0.292. The maximum Gasteiger partial charge on any atom is 0.108 e. The molecular formula is C11H24N4. The van der Waals surface area contributed by atoms with Crippen molar-refractivity contribution in [1.82, 2.24) is 9.80 Å². The fraction of sp³-hybridized carbons (Fsp3) is 0.909. The van der Waals surface area contributed by atoms with Crippen LogP contribution in [0, 0.1) is 5.41 Å². The van der Waals surface area contributed by atoms with Gasteiger partial charge in [-0.15, -0.1) is 0 Å². The Labute approximate surface area is 92.9 Å². The second kappa shape index (κ2) is 5.47. The third-order valence-electron chi connectivity index (χ3n) is 3.45. The summed E-state index contributed by atoms with van der Waals surface area (Å²) in [6, 6.07) is 0.752. The largest absolute Gasteiger partial charge is 0.386 e. The van der Waals surface area contributed by atoms with E-state index in [-0.39, 0.29) is 6.04 Å². The maximum absolute atomic E-state index is 7.53. The molecule has 0 spiro atoms. The van der Waals surface area contributed by atoms with Crippen molar-refractivity contribution in [3.05, 3.63) is 0 Å². The molecule has 1 fully saturated rings. The van der Waals surface area contributed by atoms with Crippen LogP contribution in [0.15, 0.2) is 0 Å². The van der Waals surface area contributed by atoms with Gasteiger partial charge in [0.05, 0.1) is 6.04 Å². The van der Waals surface area contributed by atoms with Gasteiger partial charge in [-0.25, -0.2) is 0 Å². The third-order valence-corrected chi connectivity index (χ3v) is 3.45. The van der Waals surface area contributed by atoms with Crippen LogP contribution < -0.4 is 5.73 Å². The zero-order chi connectivity index (χ0) is 11.4. The topological polar surface area (TPSA) is 56.4 Å². The molecule has 0 saturated carbocycles. The number of amidine groups is 1.